The maximum absolute atomic E-state index is 13.8. The van der Waals surface area contributed by atoms with Crippen LogP contribution in [0.15, 0.2) is 54.9 Å². The number of likely N-dealkylation sites (tertiary alicyclic amines) is 1. The van der Waals surface area contributed by atoms with Crippen LogP contribution in [0.2, 0.25) is 0 Å². The predicted octanol–water partition coefficient (Wildman–Crippen LogP) is 1.51. The van der Waals surface area contributed by atoms with Gasteiger partial charge >= 0.3 is 6.03 Å². The molecule has 0 bridgehead atoms. The fourth-order valence-electron chi connectivity index (χ4n) is 5.63. The van der Waals surface area contributed by atoms with Crippen LogP contribution in [0, 0.1) is 5.92 Å². The average Bonchev–Trinajstić information content (AvgIpc) is 3.19. The van der Waals surface area contributed by atoms with Gasteiger partial charge in [-0.15, -0.1) is 0 Å². The molecule has 184 valence electrons. The van der Waals surface area contributed by atoms with Gasteiger partial charge in [-0.25, -0.2) is 4.79 Å². The molecule has 2 atom stereocenters. The van der Waals surface area contributed by atoms with E-state index in [9.17, 15) is 14.4 Å². The second kappa shape index (κ2) is 10.1. The number of hydrogen-bond acceptors (Lipinski definition) is 6. The van der Waals surface area contributed by atoms with Crippen molar-refractivity contribution in [3.63, 3.8) is 0 Å². The molecule has 2 aromatic rings. The van der Waals surface area contributed by atoms with E-state index in [1.807, 2.05) is 47.4 Å². The van der Waals surface area contributed by atoms with Crippen LogP contribution < -0.4 is 10.6 Å². The van der Waals surface area contributed by atoms with Crippen molar-refractivity contribution in [1.29, 1.82) is 0 Å². The van der Waals surface area contributed by atoms with E-state index in [0.29, 0.717) is 58.7 Å². The summed E-state index contributed by atoms with van der Waals surface area (Å²) in [6, 6.07) is 12.7. The summed E-state index contributed by atoms with van der Waals surface area (Å²) >= 11 is 0. The first-order valence-electron chi connectivity index (χ1n) is 12.2. The number of ether oxygens (including phenoxy) is 1. The second-order valence-electron chi connectivity index (χ2n) is 9.48. The summed E-state index contributed by atoms with van der Waals surface area (Å²) in [5.74, 6) is -0.300. The third-order valence-corrected chi connectivity index (χ3v) is 7.44. The number of pyridine rings is 1. The number of carbonyl (C=O) groups is 3. The second-order valence-corrected chi connectivity index (χ2v) is 9.48. The van der Waals surface area contributed by atoms with E-state index in [0.717, 1.165) is 11.1 Å². The van der Waals surface area contributed by atoms with Gasteiger partial charge in [0, 0.05) is 45.0 Å². The van der Waals surface area contributed by atoms with Gasteiger partial charge in [0.25, 0.3) is 5.91 Å². The zero-order valence-corrected chi connectivity index (χ0v) is 19.7. The van der Waals surface area contributed by atoms with Crippen molar-refractivity contribution in [3.05, 3.63) is 66.0 Å². The molecular weight excluding hydrogens is 446 g/mol. The normalized spacial score (nSPS) is 24.6. The summed E-state index contributed by atoms with van der Waals surface area (Å²) < 4.78 is 5.51. The van der Waals surface area contributed by atoms with Gasteiger partial charge in [-0.05, 0) is 36.0 Å². The topological polar surface area (TPSA) is 104 Å². The Kier molecular flexibility index (Phi) is 6.79. The van der Waals surface area contributed by atoms with E-state index in [2.05, 4.69) is 20.5 Å². The molecule has 0 saturated carbocycles. The molecule has 0 unspecified atom stereocenters. The van der Waals surface area contributed by atoms with Crippen molar-refractivity contribution in [3.8, 4) is 0 Å². The van der Waals surface area contributed by atoms with Gasteiger partial charge < -0.3 is 15.0 Å². The van der Waals surface area contributed by atoms with E-state index in [4.69, 9.17) is 4.74 Å². The van der Waals surface area contributed by atoms with Gasteiger partial charge in [0.15, 0.2) is 0 Å². The molecule has 2 N–H and O–H groups in total. The van der Waals surface area contributed by atoms with Gasteiger partial charge in [-0.2, -0.15) is 0 Å². The average molecular weight is 478 g/mol. The minimum Gasteiger partial charge on any atom is -0.379 e. The van der Waals surface area contributed by atoms with Crippen molar-refractivity contribution in [2.45, 2.75) is 30.8 Å². The van der Waals surface area contributed by atoms with Crippen molar-refractivity contribution in [1.82, 2.24) is 25.4 Å². The van der Waals surface area contributed by atoms with Crippen molar-refractivity contribution in [2.24, 2.45) is 5.92 Å². The molecule has 5 rings (SSSR count). The number of rotatable bonds is 6. The number of benzene rings is 1. The molecule has 1 aromatic heterocycles. The minimum absolute atomic E-state index is 0.0513. The SMILES string of the molecule is O=C1NC(=O)[C@](Cc2ccccc2)(C2CCN(C(=O)[C@@H](c3cccnc3)N3CCOCC3)CC2)N1. The molecular formula is C26H31N5O4. The molecule has 3 aliphatic rings. The van der Waals surface area contributed by atoms with Gasteiger partial charge in [0.05, 0.1) is 13.2 Å². The van der Waals surface area contributed by atoms with E-state index >= 15 is 0 Å². The number of nitrogens with zero attached hydrogens (tertiary/aromatic N) is 3. The molecule has 3 aliphatic heterocycles. The molecule has 9 heteroatoms. The largest absolute Gasteiger partial charge is 0.379 e. The highest BCUT2D eigenvalue weighted by Gasteiger charge is 2.52. The van der Waals surface area contributed by atoms with Gasteiger partial charge in [0.1, 0.15) is 11.6 Å². The Bertz CT molecular complexity index is 1050. The van der Waals surface area contributed by atoms with Crippen molar-refractivity contribution in [2.75, 3.05) is 39.4 Å². The predicted molar refractivity (Wildman–Crippen MR) is 128 cm³/mol. The Balaban J connectivity index is 1.33. The Hall–Kier alpha value is -3.30. The minimum atomic E-state index is -0.999. The quantitative estimate of drug-likeness (QED) is 0.612. The summed E-state index contributed by atoms with van der Waals surface area (Å²) in [5, 5.41) is 5.39. The van der Waals surface area contributed by atoms with Crippen LogP contribution in [0.4, 0.5) is 4.79 Å². The third kappa shape index (κ3) is 4.78. The lowest BCUT2D eigenvalue weighted by atomic mass is 9.74. The maximum atomic E-state index is 13.8. The Morgan fingerprint density at radius 3 is 2.43 bits per heavy atom. The summed E-state index contributed by atoms with van der Waals surface area (Å²) in [4.78, 5) is 47.3. The molecule has 35 heavy (non-hydrogen) atoms. The van der Waals surface area contributed by atoms with E-state index < -0.39 is 17.6 Å². The number of carbonyl (C=O) groups excluding carboxylic acids is 3. The molecule has 4 heterocycles. The molecule has 3 saturated heterocycles. The fraction of sp³-hybridized carbons (Fsp3) is 0.462. The van der Waals surface area contributed by atoms with Crippen LogP contribution >= 0.6 is 0 Å². The van der Waals surface area contributed by atoms with E-state index in [-0.39, 0.29) is 17.7 Å². The first-order chi connectivity index (χ1) is 17.1. The van der Waals surface area contributed by atoms with Crippen LogP contribution in [-0.2, 0) is 20.7 Å². The van der Waals surface area contributed by atoms with E-state index in [1.165, 1.54) is 0 Å². The standard InChI is InChI=1S/C26H31N5O4/c32-23(22(20-7-4-10-27-18-20)30-13-15-35-16-14-30)31-11-8-21(9-12-31)26(24(33)28-25(34)29-26)17-19-5-2-1-3-6-19/h1-7,10,18,21-22H,8-9,11-17H2,(H2,28,29,33,34)/t22-,26+/m1/s1. The molecule has 0 aliphatic carbocycles. The number of imide groups is 1. The number of nitrogens with one attached hydrogen (secondary N) is 2. The lowest BCUT2D eigenvalue weighted by Gasteiger charge is -2.43. The molecule has 4 amide bonds. The number of hydrogen-bond donors (Lipinski definition) is 2. The zero-order chi connectivity index (χ0) is 24.3. The maximum Gasteiger partial charge on any atom is 0.322 e. The van der Waals surface area contributed by atoms with Crippen LogP contribution in [0.5, 0.6) is 0 Å². The van der Waals surface area contributed by atoms with Crippen LogP contribution in [-0.4, -0.2) is 77.6 Å². The first-order valence-corrected chi connectivity index (χ1v) is 12.2. The third-order valence-electron chi connectivity index (χ3n) is 7.44. The number of morpholine rings is 1. The molecule has 9 nitrogen and oxygen atoms in total. The Labute approximate surface area is 204 Å². The molecule has 3 fully saturated rings. The lowest BCUT2D eigenvalue weighted by Crippen LogP contribution is -2.58. The highest BCUT2D eigenvalue weighted by atomic mass is 16.5. The van der Waals surface area contributed by atoms with Crippen LogP contribution in [0.1, 0.15) is 30.0 Å². The Morgan fingerprint density at radius 2 is 1.80 bits per heavy atom. The monoisotopic (exact) mass is 477 g/mol. The van der Waals surface area contributed by atoms with Crippen molar-refractivity contribution < 1.29 is 19.1 Å². The van der Waals surface area contributed by atoms with Crippen molar-refractivity contribution >= 4 is 17.8 Å². The lowest BCUT2D eigenvalue weighted by molar-refractivity contribution is -0.141. The Morgan fingerprint density at radius 1 is 1.06 bits per heavy atom. The van der Waals surface area contributed by atoms with E-state index in [1.54, 1.807) is 12.4 Å². The van der Waals surface area contributed by atoms with Gasteiger partial charge in [-0.3, -0.25) is 24.8 Å². The fourth-order valence-corrected chi connectivity index (χ4v) is 5.63. The smallest absolute Gasteiger partial charge is 0.322 e. The number of urea groups is 1. The summed E-state index contributed by atoms with van der Waals surface area (Å²) in [6.45, 7) is 3.64. The van der Waals surface area contributed by atoms with Gasteiger partial charge in [0.2, 0.25) is 5.91 Å². The molecule has 0 radical (unpaired) electrons. The van der Waals surface area contributed by atoms with Crippen LogP contribution in [0.3, 0.4) is 0 Å². The summed E-state index contributed by atoms with van der Waals surface area (Å²) in [5.41, 5.74) is 0.873. The number of aromatic nitrogens is 1. The first kappa shape index (κ1) is 23.4. The summed E-state index contributed by atoms with van der Waals surface area (Å²) in [6.07, 6.45) is 5.17. The highest BCUT2D eigenvalue weighted by Crippen LogP contribution is 2.35. The molecule has 0 spiro atoms. The summed E-state index contributed by atoms with van der Waals surface area (Å²) in [7, 11) is 0. The number of amides is 4. The zero-order valence-electron chi connectivity index (χ0n) is 19.7. The number of piperidine rings is 1. The molecule has 1 aromatic carbocycles. The van der Waals surface area contributed by atoms with Crippen LogP contribution in [0.25, 0.3) is 0 Å². The van der Waals surface area contributed by atoms with Gasteiger partial charge in [-0.1, -0.05) is 36.4 Å². The highest BCUT2D eigenvalue weighted by molar-refractivity contribution is 6.07.